The summed E-state index contributed by atoms with van der Waals surface area (Å²) in [4.78, 5) is 2.01. The molecular weight excluding hydrogens is 247 g/mol. The Hall–Kier alpha value is -1.64. The van der Waals surface area contributed by atoms with E-state index in [0.29, 0.717) is 12.3 Å². The summed E-state index contributed by atoms with van der Waals surface area (Å²) in [6, 6.07) is 6.63. The van der Waals surface area contributed by atoms with Crippen molar-refractivity contribution < 1.29 is 14.2 Å². The largest absolute Gasteiger partial charge is 0.394 e. The Labute approximate surface area is 112 Å². The number of ether oxygens (including phenoxy) is 1. The van der Waals surface area contributed by atoms with Gasteiger partial charge in [0.2, 0.25) is 0 Å². The summed E-state index contributed by atoms with van der Waals surface area (Å²) in [6.45, 7) is 1.85. The smallest absolute Gasteiger partial charge is 0.143 e. The summed E-state index contributed by atoms with van der Waals surface area (Å²) < 4.78 is 19.0. The van der Waals surface area contributed by atoms with Gasteiger partial charge in [-0.1, -0.05) is 6.07 Å². The van der Waals surface area contributed by atoms with Gasteiger partial charge in [-0.25, -0.2) is 4.39 Å². The molecule has 1 aromatic rings. The van der Waals surface area contributed by atoms with Gasteiger partial charge < -0.3 is 14.7 Å². The normalized spacial score (nSPS) is 16.4. The second kappa shape index (κ2) is 6.50. The minimum atomic E-state index is -0.473. The molecule has 1 aliphatic heterocycles. The van der Waals surface area contributed by atoms with Crippen molar-refractivity contribution in [3.63, 3.8) is 0 Å². The van der Waals surface area contributed by atoms with Crippen LogP contribution >= 0.6 is 0 Å². The molecule has 1 fully saturated rings. The van der Waals surface area contributed by atoms with E-state index < -0.39 is 5.82 Å². The van der Waals surface area contributed by atoms with E-state index in [2.05, 4.69) is 0 Å². The van der Waals surface area contributed by atoms with Gasteiger partial charge in [-0.2, -0.15) is 5.26 Å². The monoisotopic (exact) mass is 264 g/mol. The van der Waals surface area contributed by atoms with Gasteiger partial charge in [0, 0.05) is 13.1 Å². The Morgan fingerprint density at radius 3 is 2.79 bits per heavy atom. The number of benzene rings is 1. The third kappa shape index (κ3) is 3.22. The summed E-state index contributed by atoms with van der Waals surface area (Å²) >= 11 is 0. The first-order valence-electron chi connectivity index (χ1n) is 6.42. The second-order valence-electron chi connectivity index (χ2n) is 4.53. The first-order chi connectivity index (χ1) is 9.26. The average Bonchev–Trinajstić information content (AvgIpc) is 2.45. The molecule has 0 amide bonds. The molecule has 0 bridgehead atoms. The fourth-order valence-electron chi connectivity index (χ4n) is 2.37. The van der Waals surface area contributed by atoms with Crippen molar-refractivity contribution in [3.05, 3.63) is 29.6 Å². The van der Waals surface area contributed by atoms with E-state index in [1.54, 1.807) is 12.1 Å². The standard InChI is InChI=1S/C14H17FN2O2/c15-13-2-1-3-14(12(13)10-16)17-6-4-11(5-7-17)19-9-8-18/h1-3,11,18H,4-9H2. The molecule has 1 heterocycles. The maximum absolute atomic E-state index is 13.5. The highest BCUT2D eigenvalue weighted by molar-refractivity contribution is 5.60. The van der Waals surface area contributed by atoms with Crippen molar-refractivity contribution in [1.82, 2.24) is 0 Å². The van der Waals surface area contributed by atoms with E-state index in [-0.39, 0.29) is 18.3 Å². The Balaban J connectivity index is 2.02. The maximum atomic E-state index is 13.5. The lowest BCUT2D eigenvalue weighted by Crippen LogP contribution is -2.37. The number of anilines is 1. The van der Waals surface area contributed by atoms with Crippen molar-refractivity contribution in [2.24, 2.45) is 0 Å². The molecule has 0 saturated carbocycles. The molecule has 1 aromatic carbocycles. The third-order valence-corrected chi connectivity index (χ3v) is 3.33. The summed E-state index contributed by atoms with van der Waals surface area (Å²) in [6.07, 6.45) is 1.78. The van der Waals surface area contributed by atoms with Crippen LogP contribution in [0.5, 0.6) is 0 Å². The van der Waals surface area contributed by atoms with Crippen LogP contribution in [0.3, 0.4) is 0 Å². The van der Waals surface area contributed by atoms with Gasteiger partial charge >= 0.3 is 0 Å². The van der Waals surface area contributed by atoms with E-state index in [1.165, 1.54) is 6.07 Å². The number of hydrogen-bond donors (Lipinski definition) is 1. The van der Waals surface area contributed by atoms with Crippen LogP contribution in [0.4, 0.5) is 10.1 Å². The predicted octanol–water partition coefficient (Wildman–Crippen LogP) is 1.68. The predicted molar refractivity (Wildman–Crippen MR) is 69.4 cm³/mol. The zero-order valence-corrected chi connectivity index (χ0v) is 10.7. The van der Waals surface area contributed by atoms with Crippen molar-refractivity contribution in [3.8, 4) is 6.07 Å². The minimum absolute atomic E-state index is 0.0304. The molecule has 5 heteroatoms. The van der Waals surface area contributed by atoms with Gasteiger partial charge in [-0.05, 0) is 25.0 Å². The lowest BCUT2D eigenvalue weighted by molar-refractivity contribution is 0.0159. The number of rotatable bonds is 4. The number of halogens is 1. The van der Waals surface area contributed by atoms with Crippen LogP contribution in [0.2, 0.25) is 0 Å². The molecule has 0 aliphatic carbocycles. The molecule has 0 aromatic heterocycles. The van der Waals surface area contributed by atoms with E-state index in [1.807, 2.05) is 11.0 Å². The minimum Gasteiger partial charge on any atom is -0.394 e. The van der Waals surface area contributed by atoms with Gasteiger partial charge in [0.15, 0.2) is 0 Å². The molecule has 1 N–H and O–H groups in total. The number of hydrogen-bond acceptors (Lipinski definition) is 4. The van der Waals surface area contributed by atoms with Crippen LogP contribution < -0.4 is 4.90 Å². The molecule has 0 radical (unpaired) electrons. The molecule has 19 heavy (non-hydrogen) atoms. The zero-order chi connectivity index (χ0) is 13.7. The van der Waals surface area contributed by atoms with Crippen molar-refractivity contribution in [2.45, 2.75) is 18.9 Å². The first-order valence-corrected chi connectivity index (χ1v) is 6.42. The topological polar surface area (TPSA) is 56.5 Å². The second-order valence-corrected chi connectivity index (χ2v) is 4.53. The van der Waals surface area contributed by atoms with Crippen LogP contribution in [0, 0.1) is 17.1 Å². The van der Waals surface area contributed by atoms with E-state index in [0.717, 1.165) is 25.9 Å². The molecule has 0 spiro atoms. The highest BCUT2D eigenvalue weighted by Crippen LogP contribution is 2.26. The van der Waals surface area contributed by atoms with Crippen LogP contribution in [-0.2, 0) is 4.74 Å². The van der Waals surface area contributed by atoms with E-state index >= 15 is 0 Å². The van der Waals surface area contributed by atoms with Gasteiger partial charge in [0.05, 0.1) is 25.0 Å². The number of aliphatic hydroxyl groups excluding tert-OH is 1. The third-order valence-electron chi connectivity index (χ3n) is 3.33. The molecule has 102 valence electrons. The lowest BCUT2D eigenvalue weighted by Gasteiger charge is -2.33. The summed E-state index contributed by atoms with van der Waals surface area (Å²) in [5.74, 6) is -0.473. The van der Waals surface area contributed by atoms with Gasteiger partial charge in [0.25, 0.3) is 0 Å². The van der Waals surface area contributed by atoms with Crippen molar-refractivity contribution >= 4 is 5.69 Å². The lowest BCUT2D eigenvalue weighted by atomic mass is 10.0. The first kappa shape index (κ1) is 13.8. The Morgan fingerprint density at radius 1 is 1.42 bits per heavy atom. The van der Waals surface area contributed by atoms with Crippen molar-refractivity contribution in [1.29, 1.82) is 5.26 Å². The van der Waals surface area contributed by atoms with Crippen LogP contribution in [0.25, 0.3) is 0 Å². The fourth-order valence-corrected chi connectivity index (χ4v) is 2.37. The van der Waals surface area contributed by atoms with Crippen molar-refractivity contribution in [2.75, 3.05) is 31.2 Å². The molecular formula is C14H17FN2O2. The van der Waals surface area contributed by atoms with Crippen LogP contribution in [0.1, 0.15) is 18.4 Å². The average molecular weight is 264 g/mol. The number of aliphatic hydroxyl groups is 1. The molecule has 0 unspecified atom stereocenters. The van der Waals surface area contributed by atoms with Gasteiger partial charge in [-0.3, -0.25) is 0 Å². The summed E-state index contributed by atoms with van der Waals surface area (Å²) in [7, 11) is 0. The van der Waals surface area contributed by atoms with E-state index in [4.69, 9.17) is 15.1 Å². The zero-order valence-electron chi connectivity index (χ0n) is 10.7. The maximum Gasteiger partial charge on any atom is 0.143 e. The van der Waals surface area contributed by atoms with Crippen LogP contribution in [0.15, 0.2) is 18.2 Å². The van der Waals surface area contributed by atoms with Gasteiger partial charge in [-0.15, -0.1) is 0 Å². The molecule has 0 atom stereocenters. The quantitative estimate of drug-likeness (QED) is 0.899. The SMILES string of the molecule is N#Cc1c(F)cccc1N1CCC(OCCO)CC1. The summed E-state index contributed by atoms with van der Waals surface area (Å²) in [5.41, 5.74) is 0.764. The molecule has 1 saturated heterocycles. The highest BCUT2D eigenvalue weighted by atomic mass is 19.1. The highest BCUT2D eigenvalue weighted by Gasteiger charge is 2.22. The number of piperidine rings is 1. The molecule has 4 nitrogen and oxygen atoms in total. The Morgan fingerprint density at radius 2 is 2.16 bits per heavy atom. The summed E-state index contributed by atoms with van der Waals surface area (Å²) in [5, 5.41) is 17.7. The fraction of sp³-hybridized carbons (Fsp3) is 0.500. The Bertz CT molecular complexity index is 465. The Kier molecular flexibility index (Phi) is 4.72. The number of nitrogens with zero attached hydrogens (tertiary/aromatic N) is 2. The number of nitriles is 1. The van der Waals surface area contributed by atoms with Gasteiger partial charge in [0.1, 0.15) is 17.4 Å². The molecule has 2 rings (SSSR count). The van der Waals surface area contributed by atoms with Crippen LogP contribution in [-0.4, -0.2) is 37.5 Å². The molecule has 1 aliphatic rings. The van der Waals surface area contributed by atoms with E-state index in [9.17, 15) is 4.39 Å².